The van der Waals surface area contributed by atoms with E-state index in [4.69, 9.17) is 9.84 Å². The molecule has 0 bridgehead atoms. The van der Waals surface area contributed by atoms with Crippen LogP contribution in [0.5, 0.6) is 0 Å². The minimum Gasteiger partial charge on any atom is -0.394 e. The van der Waals surface area contributed by atoms with Crippen LogP contribution in [-0.2, 0) is 4.74 Å². The Labute approximate surface area is 53.3 Å². The molecule has 2 rings (SSSR count). The molecule has 52 valence electrons. The summed E-state index contributed by atoms with van der Waals surface area (Å²) in [6, 6.07) is 0. The van der Waals surface area contributed by atoms with Crippen LogP contribution < -0.4 is 0 Å². The maximum Gasteiger partial charge on any atom is 0.107 e. The predicted octanol–water partition coefficient (Wildman–Crippen LogP) is -0.873. The van der Waals surface area contributed by atoms with Crippen LogP contribution in [-0.4, -0.2) is 35.1 Å². The molecule has 0 aromatic rings. The molecule has 3 heteroatoms. The molecule has 2 aliphatic rings. The molecule has 3 nitrogen and oxygen atoms in total. The summed E-state index contributed by atoms with van der Waals surface area (Å²) < 4.78 is 5.20. The second-order valence-electron chi connectivity index (χ2n) is 2.79. The summed E-state index contributed by atoms with van der Waals surface area (Å²) in [5.41, 5.74) is 0. The molecule has 9 heavy (non-hydrogen) atoms. The summed E-state index contributed by atoms with van der Waals surface area (Å²) >= 11 is 0. The van der Waals surface area contributed by atoms with Crippen LogP contribution in [0.4, 0.5) is 0 Å². The lowest BCUT2D eigenvalue weighted by molar-refractivity contribution is -0.0273. The Balaban J connectivity index is 1.99. The Bertz CT molecular complexity index is 125. The quantitative estimate of drug-likeness (QED) is 0.485. The summed E-state index contributed by atoms with van der Waals surface area (Å²) in [5, 5.41) is 17.8. The van der Waals surface area contributed by atoms with Crippen molar-refractivity contribution in [1.82, 2.24) is 0 Å². The summed E-state index contributed by atoms with van der Waals surface area (Å²) in [7, 11) is 0. The van der Waals surface area contributed by atoms with Crippen LogP contribution in [0.3, 0.4) is 0 Å². The maximum atomic E-state index is 9.21. The van der Waals surface area contributed by atoms with Crippen molar-refractivity contribution in [2.75, 3.05) is 6.61 Å². The van der Waals surface area contributed by atoms with Crippen molar-refractivity contribution in [3.05, 3.63) is 0 Å². The molecule has 1 heterocycles. The Hall–Kier alpha value is -0.120. The monoisotopic (exact) mass is 130 g/mol. The van der Waals surface area contributed by atoms with Crippen LogP contribution in [0, 0.1) is 5.92 Å². The van der Waals surface area contributed by atoms with Gasteiger partial charge in [0.2, 0.25) is 0 Å². The SMILES string of the molecule is OCC1OC2CC2C1O. The van der Waals surface area contributed by atoms with Crippen molar-refractivity contribution >= 4 is 0 Å². The van der Waals surface area contributed by atoms with Crippen LogP contribution >= 0.6 is 0 Å². The van der Waals surface area contributed by atoms with Gasteiger partial charge in [-0.3, -0.25) is 0 Å². The number of fused-ring (bicyclic) bond motifs is 1. The highest BCUT2D eigenvalue weighted by molar-refractivity contribution is 5.02. The summed E-state index contributed by atoms with van der Waals surface area (Å²) in [4.78, 5) is 0. The third kappa shape index (κ3) is 0.689. The molecule has 1 aliphatic heterocycles. The van der Waals surface area contributed by atoms with Gasteiger partial charge in [0.1, 0.15) is 6.10 Å². The van der Waals surface area contributed by atoms with E-state index in [0.29, 0.717) is 5.92 Å². The number of ether oxygens (including phenoxy) is 1. The van der Waals surface area contributed by atoms with Gasteiger partial charge >= 0.3 is 0 Å². The van der Waals surface area contributed by atoms with Crippen LogP contribution in [0.1, 0.15) is 6.42 Å². The van der Waals surface area contributed by atoms with E-state index in [-0.39, 0.29) is 18.8 Å². The Morgan fingerprint density at radius 1 is 1.56 bits per heavy atom. The molecule has 2 fully saturated rings. The van der Waals surface area contributed by atoms with E-state index < -0.39 is 6.10 Å². The van der Waals surface area contributed by atoms with Gasteiger partial charge in [0.15, 0.2) is 0 Å². The highest BCUT2D eigenvalue weighted by Crippen LogP contribution is 2.45. The second kappa shape index (κ2) is 1.68. The number of hydrogen-bond acceptors (Lipinski definition) is 3. The third-order valence-electron chi connectivity index (χ3n) is 2.13. The van der Waals surface area contributed by atoms with Crippen molar-refractivity contribution in [2.45, 2.75) is 24.7 Å². The zero-order valence-electron chi connectivity index (χ0n) is 5.03. The molecule has 1 saturated heterocycles. The maximum absolute atomic E-state index is 9.21. The van der Waals surface area contributed by atoms with Gasteiger partial charge in [0.25, 0.3) is 0 Å². The lowest BCUT2D eigenvalue weighted by Crippen LogP contribution is -2.28. The van der Waals surface area contributed by atoms with E-state index in [2.05, 4.69) is 0 Å². The van der Waals surface area contributed by atoms with Crippen molar-refractivity contribution in [2.24, 2.45) is 5.92 Å². The average molecular weight is 130 g/mol. The van der Waals surface area contributed by atoms with Crippen molar-refractivity contribution in [3.63, 3.8) is 0 Å². The first-order chi connectivity index (χ1) is 4.33. The lowest BCUT2D eigenvalue weighted by atomic mass is 10.1. The Morgan fingerprint density at radius 3 is 2.67 bits per heavy atom. The highest BCUT2D eigenvalue weighted by Gasteiger charge is 2.54. The van der Waals surface area contributed by atoms with Gasteiger partial charge in [-0.1, -0.05) is 0 Å². The smallest absolute Gasteiger partial charge is 0.107 e. The van der Waals surface area contributed by atoms with Gasteiger partial charge in [0.05, 0.1) is 18.8 Å². The van der Waals surface area contributed by atoms with E-state index in [1.807, 2.05) is 0 Å². The van der Waals surface area contributed by atoms with Gasteiger partial charge < -0.3 is 14.9 Å². The fourth-order valence-corrected chi connectivity index (χ4v) is 1.44. The first-order valence-electron chi connectivity index (χ1n) is 3.27. The van der Waals surface area contributed by atoms with Crippen molar-refractivity contribution in [3.8, 4) is 0 Å². The highest BCUT2D eigenvalue weighted by atomic mass is 16.5. The largest absolute Gasteiger partial charge is 0.394 e. The van der Waals surface area contributed by atoms with E-state index in [0.717, 1.165) is 6.42 Å². The average Bonchev–Trinajstić information content (AvgIpc) is 2.55. The molecule has 0 aromatic carbocycles. The first kappa shape index (κ1) is 5.65. The second-order valence-corrected chi connectivity index (χ2v) is 2.79. The molecule has 1 saturated carbocycles. The predicted molar refractivity (Wildman–Crippen MR) is 29.9 cm³/mol. The minimum absolute atomic E-state index is 0.0475. The zero-order valence-corrected chi connectivity index (χ0v) is 5.03. The van der Waals surface area contributed by atoms with Gasteiger partial charge in [-0.05, 0) is 6.42 Å². The molecule has 4 unspecified atom stereocenters. The molecule has 0 spiro atoms. The normalized spacial score (nSPS) is 55.3. The first-order valence-corrected chi connectivity index (χ1v) is 3.27. The lowest BCUT2D eigenvalue weighted by Gasteiger charge is -2.12. The Morgan fingerprint density at radius 2 is 2.33 bits per heavy atom. The van der Waals surface area contributed by atoms with E-state index >= 15 is 0 Å². The van der Waals surface area contributed by atoms with Crippen LogP contribution in [0.25, 0.3) is 0 Å². The zero-order chi connectivity index (χ0) is 6.43. The molecule has 2 N–H and O–H groups in total. The minimum atomic E-state index is -0.403. The third-order valence-corrected chi connectivity index (χ3v) is 2.13. The molecular weight excluding hydrogens is 120 g/mol. The van der Waals surface area contributed by atoms with E-state index in [1.165, 1.54) is 0 Å². The number of rotatable bonds is 1. The van der Waals surface area contributed by atoms with Gasteiger partial charge in [-0.15, -0.1) is 0 Å². The molecular formula is C6H10O3. The molecule has 4 atom stereocenters. The summed E-state index contributed by atoms with van der Waals surface area (Å²) in [5.74, 6) is 0.335. The van der Waals surface area contributed by atoms with Gasteiger partial charge in [-0.2, -0.15) is 0 Å². The Kier molecular flexibility index (Phi) is 1.06. The summed E-state index contributed by atoms with van der Waals surface area (Å²) in [6.07, 6.45) is 0.545. The van der Waals surface area contributed by atoms with Crippen LogP contribution in [0.2, 0.25) is 0 Å². The van der Waals surface area contributed by atoms with Crippen LogP contribution in [0.15, 0.2) is 0 Å². The fourth-order valence-electron chi connectivity index (χ4n) is 1.44. The fraction of sp³-hybridized carbons (Fsp3) is 1.00. The number of aliphatic hydroxyl groups excluding tert-OH is 2. The molecule has 0 aromatic heterocycles. The van der Waals surface area contributed by atoms with Crippen molar-refractivity contribution < 1.29 is 14.9 Å². The standard InChI is InChI=1S/C6H10O3/c7-2-5-6(8)3-1-4(3)9-5/h3-8H,1-2H2. The molecule has 0 radical (unpaired) electrons. The van der Waals surface area contributed by atoms with Gasteiger partial charge in [-0.25, -0.2) is 0 Å². The number of aliphatic hydroxyl groups is 2. The van der Waals surface area contributed by atoms with E-state index in [1.54, 1.807) is 0 Å². The van der Waals surface area contributed by atoms with Gasteiger partial charge in [0, 0.05) is 5.92 Å². The number of hydrogen-bond donors (Lipinski definition) is 2. The topological polar surface area (TPSA) is 49.7 Å². The van der Waals surface area contributed by atoms with E-state index in [9.17, 15) is 5.11 Å². The summed E-state index contributed by atoms with van der Waals surface area (Å²) in [6.45, 7) is -0.0475. The van der Waals surface area contributed by atoms with Crippen molar-refractivity contribution in [1.29, 1.82) is 0 Å². The molecule has 1 aliphatic carbocycles. The molecule has 0 amide bonds.